The number of benzene rings is 1. The molecule has 0 spiro atoms. The van der Waals surface area contributed by atoms with Gasteiger partial charge in [-0.05, 0) is 30.5 Å². The maximum atomic E-state index is 10.1. The quantitative estimate of drug-likeness (QED) is 0.739. The van der Waals surface area contributed by atoms with Crippen molar-refractivity contribution in [3.05, 3.63) is 29.8 Å². The second-order valence-electron chi connectivity index (χ2n) is 5.25. The van der Waals surface area contributed by atoms with Crippen LogP contribution in [0.2, 0.25) is 0 Å². The lowest BCUT2D eigenvalue weighted by Crippen LogP contribution is -2.41. The van der Waals surface area contributed by atoms with E-state index < -0.39 is 5.60 Å². The molecule has 1 aromatic carbocycles. The van der Waals surface area contributed by atoms with Crippen molar-refractivity contribution in [1.29, 1.82) is 0 Å². The Morgan fingerprint density at radius 2 is 2.00 bits per heavy atom. The van der Waals surface area contributed by atoms with Crippen LogP contribution in [0.4, 0.5) is 0 Å². The van der Waals surface area contributed by atoms with E-state index in [2.05, 4.69) is 11.2 Å². The molecule has 3 heteroatoms. The summed E-state index contributed by atoms with van der Waals surface area (Å²) in [6, 6.07) is 7.77. The first-order valence-corrected chi connectivity index (χ1v) is 6.54. The number of nitrogens with one attached hydrogen (secondary N) is 1. The first-order valence-electron chi connectivity index (χ1n) is 6.54. The van der Waals surface area contributed by atoms with Crippen molar-refractivity contribution < 1.29 is 9.84 Å². The lowest BCUT2D eigenvalue weighted by Gasteiger charge is -2.28. The van der Waals surface area contributed by atoms with Crippen LogP contribution in [0.15, 0.2) is 24.3 Å². The predicted octanol–water partition coefficient (Wildman–Crippen LogP) is 2.20. The standard InChI is InChI=1S/C16H23NO2/c1-5-10-19-15-8-6-14(7-9-15)11-17-12-16(4,18)13(2)3/h1,6-9,13,17-18H,10-12H2,2-4H3. The van der Waals surface area contributed by atoms with Crippen LogP contribution in [-0.2, 0) is 6.54 Å². The molecule has 104 valence electrons. The number of terminal acetylenes is 1. The van der Waals surface area contributed by atoms with Gasteiger partial charge in [-0.1, -0.05) is 31.9 Å². The molecule has 0 aliphatic heterocycles. The SMILES string of the molecule is C#CCOc1ccc(CNCC(C)(O)C(C)C)cc1. The Labute approximate surface area is 116 Å². The Kier molecular flexibility index (Phi) is 5.88. The van der Waals surface area contributed by atoms with Crippen molar-refractivity contribution in [3.8, 4) is 18.1 Å². The second kappa shape index (κ2) is 7.18. The van der Waals surface area contributed by atoms with Crippen LogP contribution < -0.4 is 10.1 Å². The highest BCUT2D eigenvalue weighted by Crippen LogP contribution is 2.15. The molecule has 0 radical (unpaired) electrons. The summed E-state index contributed by atoms with van der Waals surface area (Å²) in [5.74, 6) is 3.43. The predicted molar refractivity (Wildman–Crippen MR) is 77.9 cm³/mol. The highest BCUT2D eigenvalue weighted by Gasteiger charge is 2.23. The molecule has 1 atom stereocenters. The molecule has 0 amide bonds. The lowest BCUT2D eigenvalue weighted by molar-refractivity contribution is 0.0140. The third-order valence-corrected chi connectivity index (χ3v) is 3.30. The molecule has 19 heavy (non-hydrogen) atoms. The van der Waals surface area contributed by atoms with Crippen LogP contribution in [0, 0.1) is 18.3 Å². The number of aliphatic hydroxyl groups is 1. The maximum absolute atomic E-state index is 10.1. The maximum Gasteiger partial charge on any atom is 0.148 e. The zero-order valence-corrected chi connectivity index (χ0v) is 11.9. The van der Waals surface area contributed by atoms with E-state index in [0.29, 0.717) is 6.54 Å². The molecule has 1 rings (SSSR count). The van der Waals surface area contributed by atoms with E-state index in [1.54, 1.807) is 0 Å². The van der Waals surface area contributed by atoms with Gasteiger partial charge in [0.1, 0.15) is 12.4 Å². The van der Waals surface area contributed by atoms with Gasteiger partial charge >= 0.3 is 0 Å². The summed E-state index contributed by atoms with van der Waals surface area (Å²) < 4.78 is 5.30. The van der Waals surface area contributed by atoms with Gasteiger partial charge in [-0.2, -0.15) is 0 Å². The van der Waals surface area contributed by atoms with E-state index in [1.165, 1.54) is 0 Å². The molecule has 0 heterocycles. The average molecular weight is 261 g/mol. The molecule has 0 bridgehead atoms. The molecule has 1 unspecified atom stereocenters. The fraction of sp³-hybridized carbons (Fsp3) is 0.500. The van der Waals surface area contributed by atoms with E-state index >= 15 is 0 Å². The Balaban J connectivity index is 2.40. The molecule has 2 N–H and O–H groups in total. The topological polar surface area (TPSA) is 41.5 Å². The van der Waals surface area contributed by atoms with E-state index in [0.717, 1.165) is 17.9 Å². The molecular weight excluding hydrogens is 238 g/mol. The first-order chi connectivity index (χ1) is 8.95. The highest BCUT2D eigenvalue weighted by atomic mass is 16.5. The van der Waals surface area contributed by atoms with Gasteiger partial charge in [0, 0.05) is 13.1 Å². The van der Waals surface area contributed by atoms with Crippen LogP contribution in [0.3, 0.4) is 0 Å². The molecule has 3 nitrogen and oxygen atoms in total. The van der Waals surface area contributed by atoms with Crippen LogP contribution in [0.25, 0.3) is 0 Å². The molecule has 0 fully saturated rings. The normalized spacial score (nSPS) is 13.9. The second-order valence-corrected chi connectivity index (χ2v) is 5.25. The fourth-order valence-electron chi connectivity index (χ4n) is 1.49. The molecule has 0 saturated carbocycles. The molecule has 0 aromatic heterocycles. The van der Waals surface area contributed by atoms with Gasteiger partial charge in [0.15, 0.2) is 0 Å². The van der Waals surface area contributed by atoms with Crippen molar-refractivity contribution in [2.75, 3.05) is 13.2 Å². The first kappa shape index (κ1) is 15.6. The summed E-state index contributed by atoms with van der Waals surface area (Å²) >= 11 is 0. The van der Waals surface area contributed by atoms with Crippen molar-refractivity contribution in [3.63, 3.8) is 0 Å². The molecule has 0 aliphatic carbocycles. The summed E-state index contributed by atoms with van der Waals surface area (Å²) in [6.45, 7) is 7.45. The number of ether oxygens (including phenoxy) is 1. The minimum absolute atomic E-state index is 0.222. The fourth-order valence-corrected chi connectivity index (χ4v) is 1.49. The van der Waals surface area contributed by atoms with Crippen molar-refractivity contribution in [2.24, 2.45) is 5.92 Å². The van der Waals surface area contributed by atoms with E-state index in [-0.39, 0.29) is 12.5 Å². The van der Waals surface area contributed by atoms with Crippen molar-refractivity contribution in [1.82, 2.24) is 5.32 Å². The van der Waals surface area contributed by atoms with Crippen LogP contribution in [0.1, 0.15) is 26.3 Å². The van der Waals surface area contributed by atoms with Crippen LogP contribution in [0.5, 0.6) is 5.75 Å². The smallest absolute Gasteiger partial charge is 0.148 e. The summed E-state index contributed by atoms with van der Waals surface area (Å²) in [5.41, 5.74) is 0.461. The van der Waals surface area contributed by atoms with Crippen LogP contribution >= 0.6 is 0 Å². The highest BCUT2D eigenvalue weighted by molar-refractivity contribution is 5.27. The molecular formula is C16H23NO2. The van der Waals surface area contributed by atoms with E-state index in [9.17, 15) is 5.11 Å². The number of hydrogen-bond acceptors (Lipinski definition) is 3. The molecule has 1 aromatic rings. The Morgan fingerprint density at radius 3 is 2.53 bits per heavy atom. The third-order valence-electron chi connectivity index (χ3n) is 3.30. The number of hydrogen-bond donors (Lipinski definition) is 2. The van der Waals surface area contributed by atoms with Gasteiger partial charge in [0.05, 0.1) is 5.60 Å². The van der Waals surface area contributed by atoms with Gasteiger partial charge < -0.3 is 15.2 Å². The third kappa shape index (κ3) is 5.34. The largest absolute Gasteiger partial charge is 0.481 e. The average Bonchev–Trinajstić information content (AvgIpc) is 2.37. The minimum atomic E-state index is -0.685. The Morgan fingerprint density at radius 1 is 1.37 bits per heavy atom. The Hall–Kier alpha value is -1.50. The summed E-state index contributed by atoms with van der Waals surface area (Å²) in [5, 5.41) is 13.4. The Bertz CT molecular complexity index is 415. The van der Waals surface area contributed by atoms with E-state index in [1.807, 2.05) is 45.0 Å². The van der Waals surface area contributed by atoms with Gasteiger partial charge in [0.2, 0.25) is 0 Å². The number of rotatable bonds is 7. The summed E-state index contributed by atoms with van der Waals surface area (Å²) in [6.07, 6.45) is 5.13. The zero-order chi connectivity index (χ0) is 14.3. The molecule has 0 saturated heterocycles. The van der Waals surface area contributed by atoms with E-state index in [4.69, 9.17) is 11.2 Å². The lowest BCUT2D eigenvalue weighted by atomic mass is 9.92. The van der Waals surface area contributed by atoms with Gasteiger partial charge in [0.25, 0.3) is 0 Å². The molecule has 0 aliphatic rings. The van der Waals surface area contributed by atoms with Crippen LogP contribution in [-0.4, -0.2) is 23.9 Å². The van der Waals surface area contributed by atoms with Gasteiger partial charge in [-0.15, -0.1) is 6.42 Å². The summed E-state index contributed by atoms with van der Waals surface area (Å²) in [7, 11) is 0. The van der Waals surface area contributed by atoms with Gasteiger partial charge in [-0.3, -0.25) is 0 Å². The van der Waals surface area contributed by atoms with Crippen molar-refractivity contribution >= 4 is 0 Å². The van der Waals surface area contributed by atoms with Crippen molar-refractivity contribution in [2.45, 2.75) is 32.9 Å². The zero-order valence-electron chi connectivity index (χ0n) is 11.9. The summed E-state index contributed by atoms with van der Waals surface area (Å²) in [4.78, 5) is 0. The minimum Gasteiger partial charge on any atom is -0.481 e. The monoisotopic (exact) mass is 261 g/mol. The van der Waals surface area contributed by atoms with Gasteiger partial charge in [-0.25, -0.2) is 0 Å².